The van der Waals surface area contributed by atoms with Gasteiger partial charge >= 0.3 is 5.97 Å². The molecule has 0 saturated carbocycles. The molecule has 1 aliphatic heterocycles. The Morgan fingerprint density at radius 2 is 1.86 bits per heavy atom. The van der Waals surface area contributed by atoms with Crippen molar-refractivity contribution in [2.24, 2.45) is 0 Å². The van der Waals surface area contributed by atoms with Crippen LogP contribution in [0, 0.1) is 0 Å². The van der Waals surface area contributed by atoms with Gasteiger partial charge in [-0.1, -0.05) is 40.2 Å². The van der Waals surface area contributed by atoms with E-state index in [4.69, 9.17) is 4.74 Å². The molecule has 0 aliphatic carbocycles. The van der Waals surface area contributed by atoms with E-state index in [9.17, 15) is 19.2 Å². The minimum absolute atomic E-state index is 0.0828. The van der Waals surface area contributed by atoms with Crippen molar-refractivity contribution in [3.8, 4) is 0 Å². The Bertz CT molecular complexity index is 987. The second kappa shape index (κ2) is 8.69. The third-order valence-electron chi connectivity index (χ3n) is 4.88. The van der Waals surface area contributed by atoms with Crippen LogP contribution < -0.4 is 4.90 Å². The van der Waals surface area contributed by atoms with Gasteiger partial charge in [0.2, 0.25) is 11.7 Å². The molecule has 3 rings (SSSR count). The Morgan fingerprint density at radius 3 is 2.52 bits per heavy atom. The molecular formula is C22H20BrNO5. The summed E-state index contributed by atoms with van der Waals surface area (Å²) in [6, 6.07) is 13.1. The molecule has 0 spiro atoms. The highest BCUT2D eigenvalue weighted by Crippen LogP contribution is 2.40. The van der Waals surface area contributed by atoms with Gasteiger partial charge < -0.3 is 9.64 Å². The number of rotatable bonds is 6. The van der Waals surface area contributed by atoms with Gasteiger partial charge in [-0.2, -0.15) is 0 Å². The summed E-state index contributed by atoms with van der Waals surface area (Å²) in [5.41, 5.74) is 1.62. The number of anilines is 1. The van der Waals surface area contributed by atoms with E-state index in [1.165, 1.54) is 11.8 Å². The fraction of sp³-hybridized carbons (Fsp3) is 0.273. The first-order valence-corrected chi connectivity index (χ1v) is 10.0. The lowest BCUT2D eigenvalue weighted by Crippen LogP contribution is -2.44. The molecule has 2 aromatic carbocycles. The van der Waals surface area contributed by atoms with Gasteiger partial charge in [-0.25, -0.2) is 4.79 Å². The van der Waals surface area contributed by atoms with Crippen LogP contribution in [0.4, 0.5) is 5.69 Å². The van der Waals surface area contributed by atoms with Crippen LogP contribution in [0.5, 0.6) is 0 Å². The van der Waals surface area contributed by atoms with Crippen molar-refractivity contribution in [1.29, 1.82) is 0 Å². The van der Waals surface area contributed by atoms with Gasteiger partial charge in [0.05, 0.1) is 12.3 Å². The van der Waals surface area contributed by atoms with Gasteiger partial charge in [0.1, 0.15) is 6.04 Å². The minimum Gasteiger partial charge on any atom is -0.460 e. The molecule has 0 fully saturated rings. The van der Waals surface area contributed by atoms with Gasteiger partial charge in [-0.3, -0.25) is 14.4 Å². The predicted octanol–water partition coefficient (Wildman–Crippen LogP) is 3.67. The maximum absolute atomic E-state index is 13.3. The summed E-state index contributed by atoms with van der Waals surface area (Å²) in [5.74, 6) is -2.93. The van der Waals surface area contributed by atoms with Crippen LogP contribution in [0.2, 0.25) is 0 Å². The molecule has 150 valence electrons. The molecule has 2 aromatic rings. The summed E-state index contributed by atoms with van der Waals surface area (Å²) < 4.78 is 5.59. The molecular weight excluding hydrogens is 438 g/mol. The second-order valence-electron chi connectivity index (χ2n) is 6.72. The fourth-order valence-electron chi connectivity index (χ4n) is 3.69. The number of hydrogen-bond donors (Lipinski definition) is 0. The Kier molecular flexibility index (Phi) is 6.27. The number of amides is 1. The van der Waals surface area contributed by atoms with Gasteiger partial charge in [-0.15, -0.1) is 0 Å². The lowest BCUT2D eigenvalue weighted by molar-refractivity contribution is -0.153. The van der Waals surface area contributed by atoms with Gasteiger partial charge in [0, 0.05) is 29.3 Å². The number of fused-ring (bicyclic) bond motifs is 1. The molecule has 1 amide bonds. The van der Waals surface area contributed by atoms with Gasteiger partial charge in [0.25, 0.3) is 0 Å². The number of ether oxygens (including phenoxy) is 1. The van der Waals surface area contributed by atoms with Crippen molar-refractivity contribution >= 4 is 45.1 Å². The van der Waals surface area contributed by atoms with E-state index in [-0.39, 0.29) is 24.7 Å². The molecule has 0 saturated heterocycles. The number of nitrogens with zero attached hydrogens (tertiary/aromatic N) is 1. The summed E-state index contributed by atoms with van der Waals surface area (Å²) in [7, 11) is 0. The summed E-state index contributed by atoms with van der Waals surface area (Å²) in [4.78, 5) is 51.6. The molecule has 1 aliphatic rings. The molecule has 29 heavy (non-hydrogen) atoms. The number of hydrogen-bond acceptors (Lipinski definition) is 5. The maximum Gasteiger partial charge on any atom is 0.374 e. The molecule has 0 unspecified atom stereocenters. The van der Waals surface area contributed by atoms with Crippen molar-refractivity contribution < 1.29 is 23.9 Å². The highest BCUT2D eigenvalue weighted by Gasteiger charge is 2.45. The topological polar surface area (TPSA) is 80.8 Å². The number of para-hydroxylation sites is 1. The smallest absolute Gasteiger partial charge is 0.374 e. The van der Waals surface area contributed by atoms with Crippen LogP contribution >= 0.6 is 15.9 Å². The first-order chi connectivity index (χ1) is 13.8. The first kappa shape index (κ1) is 20.9. The van der Waals surface area contributed by atoms with E-state index in [1.807, 2.05) is 6.07 Å². The van der Waals surface area contributed by atoms with E-state index in [0.29, 0.717) is 16.8 Å². The SMILES string of the molecule is CCOC(=O)C(=O)C[C@H](c1cccc(Br)c1)[C@H]1C(=O)c2ccccc2N1C(C)=O. The van der Waals surface area contributed by atoms with Crippen molar-refractivity contribution in [1.82, 2.24) is 0 Å². The highest BCUT2D eigenvalue weighted by molar-refractivity contribution is 9.10. The number of ketones is 2. The van der Waals surface area contributed by atoms with Crippen molar-refractivity contribution in [3.63, 3.8) is 0 Å². The maximum atomic E-state index is 13.3. The monoisotopic (exact) mass is 457 g/mol. The molecule has 0 aromatic heterocycles. The molecule has 0 N–H and O–H groups in total. The van der Waals surface area contributed by atoms with Crippen LogP contribution in [-0.2, 0) is 19.1 Å². The van der Waals surface area contributed by atoms with E-state index in [1.54, 1.807) is 49.4 Å². The Balaban J connectivity index is 2.08. The second-order valence-corrected chi connectivity index (χ2v) is 7.64. The predicted molar refractivity (Wildman–Crippen MR) is 111 cm³/mol. The van der Waals surface area contributed by atoms with Crippen LogP contribution in [0.1, 0.15) is 42.1 Å². The number of halogens is 1. The normalized spacial score (nSPS) is 16.3. The van der Waals surface area contributed by atoms with E-state index in [2.05, 4.69) is 15.9 Å². The molecule has 0 radical (unpaired) electrons. The zero-order valence-corrected chi connectivity index (χ0v) is 17.6. The number of carbonyl (C=O) groups excluding carboxylic acids is 4. The first-order valence-electron chi connectivity index (χ1n) is 9.23. The standard InChI is InChI=1S/C22H20BrNO5/c1-3-29-22(28)19(26)12-17(14-7-6-8-15(23)11-14)20-21(27)16-9-4-5-10-18(16)24(20)13(2)25/h4-11,17,20H,3,12H2,1-2H3/t17-,20+/m1/s1. The number of benzene rings is 2. The zero-order valence-electron chi connectivity index (χ0n) is 16.1. The van der Waals surface area contributed by atoms with Gasteiger partial charge in [-0.05, 0) is 36.8 Å². The Labute approximate surface area is 177 Å². The van der Waals surface area contributed by atoms with Crippen molar-refractivity contribution in [3.05, 3.63) is 64.1 Å². The summed E-state index contributed by atoms with van der Waals surface area (Å²) in [6.45, 7) is 3.08. The lowest BCUT2D eigenvalue weighted by atomic mass is 9.84. The lowest BCUT2D eigenvalue weighted by Gasteiger charge is -2.30. The zero-order chi connectivity index (χ0) is 21.1. The molecule has 2 atom stereocenters. The number of esters is 1. The molecule has 0 bridgehead atoms. The average Bonchev–Trinajstić information content (AvgIpc) is 2.99. The van der Waals surface area contributed by atoms with E-state index >= 15 is 0 Å². The quantitative estimate of drug-likeness (QED) is 0.488. The summed E-state index contributed by atoms with van der Waals surface area (Å²) >= 11 is 3.40. The Morgan fingerprint density at radius 1 is 1.14 bits per heavy atom. The van der Waals surface area contributed by atoms with Crippen molar-refractivity contribution in [2.75, 3.05) is 11.5 Å². The van der Waals surface area contributed by atoms with Crippen LogP contribution in [0.15, 0.2) is 53.0 Å². The minimum atomic E-state index is -0.940. The molecule has 7 heteroatoms. The molecule has 1 heterocycles. The fourth-order valence-corrected chi connectivity index (χ4v) is 4.11. The molecule has 6 nitrogen and oxygen atoms in total. The third-order valence-corrected chi connectivity index (χ3v) is 5.37. The van der Waals surface area contributed by atoms with Crippen LogP contribution in [0.25, 0.3) is 0 Å². The van der Waals surface area contributed by atoms with Crippen molar-refractivity contribution in [2.45, 2.75) is 32.2 Å². The number of Topliss-reactive ketones (excluding diaryl/α,β-unsaturated/α-hetero) is 2. The third kappa shape index (κ3) is 4.15. The summed E-state index contributed by atoms with van der Waals surface area (Å²) in [6.07, 6.45) is -0.247. The van der Waals surface area contributed by atoms with E-state index in [0.717, 1.165) is 4.47 Å². The van der Waals surface area contributed by atoms with E-state index < -0.39 is 23.7 Å². The van der Waals surface area contributed by atoms with Gasteiger partial charge in [0.15, 0.2) is 5.78 Å². The van der Waals surface area contributed by atoms with Crippen LogP contribution in [0.3, 0.4) is 0 Å². The summed E-state index contributed by atoms with van der Waals surface area (Å²) in [5, 5.41) is 0. The average molecular weight is 458 g/mol. The van der Waals surface area contributed by atoms with Crippen LogP contribution in [-0.4, -0.2) is 36.1 Å². The number of carbonyl (C=O) groups is 4. The highest BCUT2D eigenvalue weighted by atomic mass is 79.9. The largest absolute Gasteiger partial charge is 0.460 e. The Hall–Kier alpha value is -2.80.